The second kappa shape index (κ2) is 3.90. The van der Waals surface area contributed by atoms with Crippen molar-refractivity contribution in [3.8, 4) is 22.9 Å². The van der Waals surface area contributed by atoms with E-state index < -0.39 is 0 Å². The standard InChI is InChI=1S/C15H13N3O2/c1-9-12-4-3-11(16)7-18(12)15(17-9)10-2-5-13-14(6-10)20-8-19-13/h2-7H,8,16H2,1H3. The normalized spacial score (nSPS) is 13.1. The Morgan fingerprint density at radius 2 is 2.00 bits per heavy atom. The summed E-state index contributed by atoms with van der Waals surface area (Å²) >= 11 is 0. The highest BCUT2D eigenvalue weighted by Gasteiger charge is 2.16. The fraction of sp³-hybridized carbons (Fsp3) is 0.133. The van der Waals surface area contributed by atoms with Gasteiger partial charge in [-0.2, -0.15) is 0 Å². The van der Waals surface area contributed by atoms with Crippen LogP contribution in [0.1, 0.15) is 5.69 Å². The number of nitrogen functional groups attached to an aromatic ring is 1. The largest absolute Gasteiger partial charge is 0.454 e. The monoisotopic (exact) mass is 267 g/mol. The highest BCUT2D eigenvalue weighted by atomic mass is 16.7. The molecular weight excluding hydrogens is 254 g/mol. The van der Waals surface area contributed by atoms with Crippen molar-refractivity contribution in [1.82, 2.24) is 9.38 Å². The van der Waals surface area contributed by atoms with Gasteiger partial charge in [-0.1, -0.05) is 0 Å². The lowest BCUT2D eigenvalue weighted by Crippen LogP contribution is -1.93. The molecule has 5 heteroatoms. The molecule has 0 radical (unpaired) electrons. The van der Waals surface area contributed by atoms with Crippen LogP contribution >= 0.6 is 0 Å². The summed E-state index contributed by atoms with van der Waals surface area (Å²) < 4.78 is 12.8. The number of hydrogen-bond donors (Lipinski definition) is 1. The van der Waals surface area contributed by atoms with Crippen molar-refractivity contribution in [3.63, 3.8) is 0 Å². The van der Waals surface area contributed by atoms with Crippen LogP contribution < -0.4 is 15.2 Å². The van der Waals surface area contributed by atoms with E-state index in [1.807, 2.05) is 47.9 Å². The number of nitrogens with zero attached hydrogens (tertiary/aromatic N) is 2. The van der Waals surface area contributed by atoms with Crippen molar-refractivity contribution < 1.29 is 9.47 Å². The van der Waals surface area contributed by atoms with E-state index >= 15 is 0 Å². The van der Waals surface area contributed by atoms with E-state index in [0.29, 0.717) is 5.69 Å². The highest BCUT2D eigenvalue weighted by Crippen LogP contribution is 2.36. The Bertz CT molecular complexity index is 823. The van der Waals surface area contributed by atoms with Gasteiger partial charge in [0.2, 0.25) is 6.79 Å². The van der Waals surface area contributed by atoms with Gasteiger partial charge in [0.25, 0.3) is 0 Å². The van der Waals surface area contributed by atoms with Crippen LogP contribution in [0.15, 0.2) is 36.5 Å². The Labute approximate surface area is 115 Å². The Balaban J connectivity index is 1.96. The zero-order chi connectivity index (χ0) is 13.7. The van der Waals surface area contributed by atoms with Crippen molar-refractivity contribution in [2.75, 3.05) is 12.5 Å². The molecule has 1 aliphatic heterocycles. The lowest BCUT2D eigenvalue weighted by Gasteiger charge is -2.04. The lowest BCUT2D eigenvalue weighted by atomic mass is 10.2. The highest BCUT2D eigenvalue weighted by molar-refractivity contribution is 5.69. The quantitative estimate of drug-likeness (QED) is 0.736. The van der Waals surface area contributed by atoms with E-state index in [9.17, 15) is 0 Å². The van der Waals surface area contributed by atoms with Crippen molar-refractivity contribution in [1.29, 1.82) is 0 Å². The van der Waals surface area contributed by atoms with Crippen molar-refractivity contribution in [2.45, 2.75) is 6.92 Å². The maximum Gasteiger partial charge on any atom is 0.231 e. The molecule has 0 amide bonds. The molecule has 100 valence electrons. The fourth-order valence-electron chi connectivity index (χ4n) is 2.50. The summed E-state index contributed by atoms with van der Waals surface area (Å²) in [6.45, 7) is 2.26. The summed E-state index contributed by atoms with van der Waals surface area (Å²) in [5, 5.41) is 0. The number of nitrogens with two attached hydrogens (primary N) is 1. The second-order valence-corrected chi connectivity index (χ2v) is 4.81. The van der Waals surface area contributed by atoms with Gasteiger partial charge in [-0.05, 0) is 37.3 Å². The van der Waals surface area contributed by atoms with Gasteiger partial charge in [0, 0.05) is 17.4 Å². The molecule has 0 atom stereocenters. The number of aryl methyl sites for hydroxylation is 1. The van der Waals surface area contributed by atoms with Crippen LogP contribution in [0.4, 0.5) is 5.69 Å². The third-order valence-corrected chi connectivity index (χ3v) is 3.47. The Morgan fingerprint density at radius 3 is 2.90 bits per heavy atom. The molecule has 0 saturated heterocycles. The molecule has 3 aromatic rings. The van der Waals surface area contributed by atoms with Crippen molar-refractivity contribution in [2.24, 2.45) is 0 Å². The number of anilines is 1. The van der Waals surface area contributed by atoms with Gasteiger partial charge in [0.05, 0.1) is 11.2 Å². The number of hydrogen-bond acceptors (Lipinski definition) is 4. The number of benzene rings is 1. The first-order valence-corrected chi connectivity index (χ1v) is 6.36. The van der Waals surface area contributed by atoms with E-state index in [1.165, 1.54) is 0 Å². The smallest absolute Gasteiger partial charge is 0.231 e. The average molecular weight is 267 g/mol. The molecule has 3 heterocycles. The topological polar surface area (TPSA) is 61.8 Å². The number of fused-ring (bicyclic) bond motifs is 2. The number of imidazole rings is 1. The first-order valence-electron chi connectivity index (χ1n) is 6.36. The van der Waals surface area contributed by atoms with E-state index in [-0.39, 0.29) is 6.79 Å². The second-order valence-electron chi connectivity index (χ2n) is 4.81. The molecule has 4 rings (SSSR count). The first kappa shape index (κ1) is 11.2. The molecule has 0 spiro atoms. The summed E-state index contributed by atoms with van der Waals surface area (Å²) in [4.78, 5) is 4.64. The van der Waals surface area contributed by atoms with Gasteiger partial charge in [-0.15, -0.1) is 0 Å². The van der Waals surface area contributed by atoms with Crippen LogP contribution in [-0.4, -0.2) is 16.2 Å². The third kappa shape index (κ3) is 1.53. The molecule has 0 bridgehead atoms. The van der Waals surface area contributed by atoms with E-state index in [1.54, 1.807) is 0 Å². The average Bonchev–Trinajstić information content (AvgIpc) is 3.02. The Kier molecular flexibility index (Phi) is 2.18. The van der Waals surface area contributed by atoms with Gasteiger partial charge in [-0.3, -0.25) is 4.40 Å². The minimum atomic E-state index is 0.271. The predicted octanol–water partition coefficient (Wildman–Crippen LogP) is 2.62. The van der Waals surface area contributed by atoms with E-state index in [0.717, 1.165) is 34.1 Å². The molecule has 2 aromatic heterocycles. The summed E-state index contributed by atoms with van der Waals surface area (Å²) in [6.07, 6.45) is 1.88. The summed E-state index contributed by atoms with van der Waals surface area (Å²) in [7, 11) is 0. The van der Waals surface area contributed by atoms with Gasteiger partial charge < -0.3 is 15.2 Å². The fourth-order valence-corrected chi connectivity index (χ4v) is 2.50. The number of aromatic nitrogens is 2. The maximum absolute atomic E-state index is 5.88. The van der Waals surface area contributed by atoms with Crippen LogP contribution in [-0.2, 0) is 0 Å². The van der Waals surface area contributed by atoms with Gasteiger partial charge in [0.1, 0.15) is 5.82 Å². The molecule has 2 N–H and O–H groups in total. The first-order chi connectivity index (χ1) is 9.72. The molecule has 0 fully saturated rings. The van der Waals surface area contributed by atoms with Crippen LogP contribution in [0.5, 0.6) is 11.5 Å². The predicted molar refractivity (Wildman–Crippen MR) is 75.9 cm³/mol. The van der Waals surface area contributed by atoms with E-state index in [4.69, 9.17) is 15.2 Å². The Morgan fingerprint density at radius 1 is 1.15 bits per heavy atom. The van der Waals surface area contributed by atoms with E-state index in [2.05, 4.69) is 4.98 Å². The van der Waals surface area contributed by atoms with Crippen LogP contribution in [0.2, 0.25) is 0 Å². The lowest BCUT2D eigenvalue weighted by molar-refractivity contribution is 0.174. The van der Waals surface area contributed by atoms with Gasteiger partial charge >= 0.3 is 0 Å². The van der Waals surface area contributed by atoms with Crippen LogP contribution in [0.25, 0.3) is 16.9 Å². The summed E-state index contributed by atoms with van der Waals surface area (Å²) in [5.74, 6) is 2.37. The summed E-state index contributed by atoms with van der Waals surface area (Å²) in [5.41, 5.74) is 9.58. The molecule has 1 aliphatic rings. The SMILES string of the molecule is Cc1nc(-c2ccc3c(c2)OCO3)n2cc(N)ccc12. The Hall–Kier alpha value is -2.69. The van der Waals surface area contributed by atoms with Crippen LogP contribution in [0, 0.1) is 6.92 Å². The van der Waals surface area contributed by atoms with Crippen LogP contribution in [0.3, 0.4) is 0 Å². The number of rotatable bonds is 1. The van der Waals surface area contributed by atoms with Crippen molar-refractivity contribution in [3.05, 3.63) is 42.2 Å². The maximum atomic E-state index is 5.88. The minimum Gasteiger partial charge on any atom is -0.454 e. The van der Waals surface area contributed by atoms with Crippen molar-refractivity contribution >= 4 is 11.2 Å². The number of pyridine rings is 1. The molecule has 1 aromatic carbocycles. The molecule has 20 heavy (non-hydrogen) atoms. The molecule has 5 nitrogen and oxygen atoms in total. The molecule has 0 aliphatic carbocycles. The van der Waals surface area contributed by atoms with Gasteiger partial charge in [0.15, 0.2) is 11.5 Å². The van der Waals surface area contributed by atoms with Gasteiger partial charge in [-0.25, -0.2) is 4.98 Å². The zero-order valence-corrected chi connectivity index (χ0v) is 11.0. The molecule has 0 saturated carbocycles. The minimum absolute atomic E-state index is 0.271. The number of ether oxygens (including phenoxy) is 2. The molecular formula is C15H13N3O2. The zero-order valence-electron chi connectivity index (χ0n) is 11.0. The molecule has 0 unspecified atom stereocenters. The summed E-state index contributed by atoms with van der Waals surface area (Å²) in [6, 6.07) is 9.69. The third-order valence-electron chi connectivity index (χ3n) is 3.47.